The summed E-state index contributed by atoms with van der Waals surface area (Å²) in [6, 6.07) is 54.3. The highest BCUT2D eigenvalue weighted by atomic mass is 16.5. The minimum absolute atomic E-state index is 0.0155. The van der Waals surface area contributed by atoms with Crippen LogP contribution in [-0.4, -0.2) is 215 Å². The van der Waals surface area contributed by atoms with Crippen LogP contribution in [0.15, 0.2) is 183 Å². The molecule has 4 fully saturated rings. The lowest BCUT2D eigenvalue weighted by Gasteiger charge is -2.35. The normalized spacial score (nSPS) is 15.0. The first-order chi connectivity index (χ1) is 57.4. The van der Waals surface area contributed by atoms with E-state index in [1.165, 1.54) is 30.4 Å². The van der Waals surface area contributed by atoms with E-state index in [0.717, 1.165) is 200 Å². The van der Waals surface area contributed by atoms with E-state index < -0.39 is 5.92 Å². The van der Waals surface area contributed by atoms with Crippen molar-refractivity contribution in [1.82, 2.24) is 44.6 Å². The Bertz CT molecular complexity index is 4870. The number of ether oxygens (including phenoxy) is 4. The number of carbonyl (C=O) groups is 3. The molecule has 0 aliphatic carbocycles. The van der Waals surface area contributed by atoms with Crippen molar-refractivity contribution in [1.29, 1.82) is 0 Å². The zero-order valence-corrected chi connectivity index (χ0v) is 70.7. The number of nitrogens with zero attached hydrogens (tertiary/aromatic N) is 14. The topological polar surface area (TPSA) is 240 Å². The quantitative estimate of drug-likeness (QED) is 0.0369. The van der Waals surface area contributed by atoms with E-state index in [2.05, 4.69) is 188 Å². The fourth-order valence-corrected chi connectivity index (χ4v) is 15.6. The molecule has 4 saturated heterocycles. The summed E-state index contributed by atoms with van der Waals surface area (Å²) in [5, 5.41) is 13.0. The molecule has 0 spiro atoms. The van der Waals surface area contributed by atoms with E-state index in [1.54, 1.807) is 31.1 Å². The average molecular weight is 1600 g/mol. The fourth-order valence-electron chi connectivity index (χ4n) is 15.6. The number of urea groups is 1. The Hall–Kier alpha value is -11.6. The third kappa shape index (κ3) is 22.6. The summed E-state index contributed by atoms with van der Waals surface area (Å²) < 4.78 is 21.7. The molecule has 3 aromatic heterocycles. The first-order valence-electron chi connectivity index (χ1n) is 41.2. The maximum Gasteiger partial charge on any atom is 0.327 e. The van der Waals surface area contributed by atoms with Crippen LogP contribution in [0.3, 0.4) is 0 Å². The van der Waals surface area contributed by atoms with Gasteiger partial charge in [-0.15, -0.1) is 0 Å². The number of amides is 4. The molecule has 4 N–H and O–H groups in total. The highest BCUT2D eigenvalue weighted by molar-refractivity contribution is 6.03. The molecule has 0 saturated carbocycles. The van der Waals surface area contributed by atoms with E-state index in [-0.39, 0.29) is 30.3 Å². The van der Waals surface area contributed by atoms with E-state index in [9.17, 15) is 14.4 Å². The second-order valence-corrected chi connectivity index (χ2v) is 30.5. The molecule has 7 heterocycles. The van der Waals surface area contributed by atoms with Gasteiger partial charge in [-0.3, -0.25) is 19.4 Å². The first-order valence-corrected chi connectivity index (χ1v) is 41.2. The minimum atomic E-state index is -0.587. The Morgan fingerprint density at radius 2 is 1.06 bits per heavy atom. The van der Waals surface area contributed by atoms with Gasteiger partial charge in [0.25, 0.3) is 0 Å². The number of hydrogen-bond donors (Lipinski definition) is 4. The molecule has 4 aliphatic rings. The van der Waals surface area contributed by atoms with Crippen LogP contribution in [0, 0.1) is 41.5 Å². The van der Waals surface area contributed by atoms with E-state index >= 15 is 0 Å². The smallest absolute Gasteiger partial charge is 0.327 e. The molecule has 118 heavy (non-hydrogen) atoms. The highest BCUT2D eigenvalue weighted by Gasteiger charge is 2.32. The van der Waals surface area contributed by atoms with Gasteiger partial charge in [0.2, 0.25) is 11.8 Å². The van der Waals surface area contributed by atoms with Gasteiger partial charge in [-0.05, 0) is 186 Å². The molecule has 25 heteroatoms. The summed E-state index contributed by atoms with van der Waals surface area (Å²) in [5.41, 5.74) is 17.6. The molecular formula is C93H116N18O7. The van der Waals surface area contributed by atoms with Crippen molar-refractivity contribution in [3.63, 3.8) is 0 Å². The lowest BCUT2D eigenvalue weighted by atomic mass is 9.93. The molecule has 4 amide bonds. The summed E-state index contributed by atoms with van der Waals surface area (Å²) >= 11 is 0. The molecule has 4 aliphatic heterocycles. The number of carbonyl (C=O) groups excluding carboxylic acids is 3. The Morgan fingerprint density at radius 3 is 1.63 bits per heavy atom. The minimum Gasteiger partial charge on any atom is -0.497 e. The number of methoxy groups -OCH3 is 3. The van der Waals surface area contributed by atoms with Crippen LogP contribution >= 0.6 is 0 Å². The van der Waals surface area contributed by atoms with Gasteiger partial charge in [0.1, 0.15) is 59.7 Å². The number of anilines is 11. The number of aromatic nitrogens is 6. The van der Waals surface area contributed by atoms with Crippen LogP contribution in [0.1, 0.15) is 94.1 Å². The lowest BCUT2D eigenvalue weighted by Crippen LogP contribution is -2.46. The Kier molecular flexibility index (Phi) is 30.5. The molecule has 0 bridgehead atoms. The molecule has 7 aromatic carbocycles. The Morgan fingerprint density at radius 1 is 0.534 bits per heavy atom. The van der Waals surface area contributed by atoms with Crippen LogP contribution in [0.4, 0.5) is 67.9 Å². The highest BCUT2D eigenvalue weighted by Crippen LogP contribution is 2.35. The first kappa shape index (κ1) is 85.8. The Labute approximate surface area is 696 Å². The maximum atomic E-state index is 14.1. The molecule has 10 aromatic rings. The number of nitrogens with one attached hydrogen (secondary N) is 4. The molecular weight excluding hydrogens is 1480 g/mol. The van der Waals surface area contributed by atoms with Crippen LogP contribution in [-0.2, 0) is 31.9 Å². The van der Waals surface area contributed by atoms with Crippen LogP contribution < -0.4 is 55.2 Å². The monoisotopic (exact) mass is 1600 g/mol. The SMILES string of the molecule is CCN1CCN(c2ccc(C(C(=O)Nc3c(C)cccc3C)c3cc(NCCOC)ncn3)cc2)CC1.CCN1CCN(c2ccc(Nc3cc(N(C(=O)Nc4c(C)cccc4C)C4CCOCC4)ncn3)cc2)CC1.COc1ccc(Cc2cc(N(C(=O)Cc3c(C)cccc3C)c3ccc(N4CCN(C)CC4)cc3)ncn2)c(OC)c1. The van der Waals surface area contributed by atoms with Gasteiger partial charge in [-0.1, -0.05) is 86.6 Å². The van der Waals surface area contributed by atoms with Gasteiger partial charge in [0.05, 0.1) is 44.3 Å². The van der Waals surface area contributed by atoms with Gasteiger partial charge in [0.15, 0.2) is 0 Å². The van der Waals surface area contributed by atoms with Crippen molar-refractivity contribution >= 4 is 80.9 Å². The number of piperazine rings is 3. The number of aryl methyl sites for hydroxylation is 6. The van der Waals surface area contributed by atoms with Crippen molar-refractivity contribution in [3.8, 4) is 11.5 Å². The van der Waals surface area contributed by atoms with Gasteiger partial charge in [0, 0.05) is 182 Å². The zero-order chi connectivity index (χ0) is 83.0. The largest absolute Gasteiger partial charge is 0.497 e. The van der Waals surface area contributed by atoms with Gasteiger partial charge in [-0.25, -0.2) is 34.7 Å². The van der Waals surface area contributed by atoms with Crippen LogP contribution in [0.25, 0.3) is 0 Å². The number of rotatable bonds is 26. The summed E-state index contributed by atoms with van der Waals surface area (Å²) in [4.78, 5) is 86.5. The molecule has 25 nitrogen and oxygen atoms in total. The summed E-state index contributed by atoms with van der Waals surface area (Å²) in [7, 11) is 7.09. The predicted molar refractivity (Wildman–Crippen MR) is 474 cm³/mol. The van der Waals surface area contributed by atoms with Gasteiger partial charge in [-0.2, -0.15) is 0 Å². The number of likely N-dealkylation sites (N-methyl/N-ethyl adjacent to an activating group) is 3. The fraction of sp³-hybridized carbons (Fsp3) is 0.387. The summed E-state index contributed by atoms with van der Waals surface area (Å²) in [6.07, 6.45) is 6.83. The van der Waals surface area contributed by atoms with Gasteiger partial charge < -0.3 is 69.6 Å². The molecule has 620 valence electrons. The Balaban J connectivity index is 0.000000163. The summed E-state index contributed by atoms with van der Waals surface area (Å²) in [5.74, 6) is 3.09. The van der Waals surface area contributed by atoms with Crippen molar-refractivity contribution in [2.45, 2.75) is 93.0 Å². The molecule has 14 rings (SSSR count). The summed E-state index contributed by atoms with van der Waals surface area (Å²) in [6.45, 7) is 33.6. The predicted octanol–water partition coefficient (Wildman–Crippen LogP) is 14.6. The zero-order valence-electron chi connectivity index (χ0n) is 70.7. The maximum absolute atomic E-state index is 14.1. The van der Waals surface area contributed by atoms with E-state index in [1.807, 2.05) is 119 Å². The van der Waals surface area contributed by atoms with Crippen LogP contribution in [0.2, 0.25) is 0 Å². The third-order valence-corrected chi connectivity index (χ3v) is 22.7. The standard InChI is InChI=1S/C34H39N5O3.C30H39N7O2.C29H38N6O2/c1-24-7-6-8-25(2)31(24)22-34(40)39(29-12-10-28(11-13-29)38-17-15-37(3)16-18-38)33-20-27(35-23-36-33)19-26-9-14-30(41-4)21-32(26)42-5;1-4-35-14-16-36(17-15-35)25-10-8-24(9-11-25)33-27-20-28(32-21-31-27)37(26-12-18-39-19-13-26)30(38)34-29-22(2)6-5-7-23(29)3;1-5-34-14-16-35(17-15-34)24-11-9-23(10-12-24)27(25-19-26(32-20-31-25)30-13-18-37-4)29(36)33-28-21(2)7-6-8-22(28)3/h6-14,20-21,23H,15-19,22H2,1-5H3;5-11,20-21,26H,4,12-19H2,1-3H3,(H,34,38)(H,31,32,33);6-12,19-20,27H,5,13-18H2,1-4H3,(H,33,36)(H,30,31,32). The molecule has 0 radical (unpaired) electrons. The number of hydrogen-bond acceptors (Lipinski definition) is 21. The average Bonchev–Trinajstić information content (AvgIpc) is 0.802. The second kappa shape index (κ2) is 42.0. The van der Waals surface area contributed by atoms with Crippen molar-refractivity contribution in [2.24, 2.45) is 0 Å². The number of benzene rings is 7. The number of para-hydroxylation sites is 2. The van der Waals surface area contributed by atoms with Crippen molar-refractivity contribution in [2.75, 3.05) is 192 Å². The lowest BCUT2D eigenvalue weighted by molar-refractivity contribution is -0.117. The van der Waals surface area contributed by atoms with Crippen LogP contribution in [0.5, 0.6) is 11.5 Å². The second-order valence-electron chi connectivity index (χ2n) is 30.5. The molecule has 1 atom stereocenters. The van der Waals surface area contributed by atoms with Crippen molar-refractivity contribution < 1.29 is 33.3 Å². The van der Waals surface area contributed by atoms with E-state index in [4.69, 9.17) is 18.9 Å². The molecule has 1 unspecified atom stereocenters. The van der Waals surface area contributed by atoms with Crippen molar-refractivity contribution in [3.05, 3.63) is 244 Å². The van der Waals surface area contributed by atoms with E-state index in [0.29, 0.717) is 61.8 Å². The third-order valence-electron chi connectivity index (χ3n) is 22.7. The van der Waals surface area contributed by atoms with Gasteiger partial charge >= 0.3 is 6.03 Å².